The second-order valence-corrected chi connectivity index (χ2v) is 9.67. The van der Waals surface area contributed by atoms with Crippen LogP contribution in [-0.4, -0.2) is 35.7 Å². The zero-order valence-electron chi connectivity index (χ0n) is 18.3. The molecule has 4 rings (SSSR count). The van der Waals surface area contributed by atoms with E-state index in [-0.39, 0.29) is 21.9 Å². The van der Waals surface area contributed by atoms with Crippen molar-refractivity contribution in [3.63, 3.8) is 0 Å². The molecule has 1 amide bonds. The Balaban J connectivity index is 1.90. The van der Waals surface area contributed by atoms with E-state index < -0.39 is 20.9 Å². The summed E-state index contributed by atoms with van der Waals surface area (Å²) in [6.07, 6.45) is 0. The number of rotatable bonds is 7. The lowest BCUT2D eigenvalue weighted by molar-refractivity contribution is 0.101. The molecule has 176 valence electrons. The second-order valence-electron chi connectivity index (χ2n) is 6.91. The number of carbonyl (C=O) groups is 1. The third-order valence-electron chi connectivity index (χ3n) is 4.96. The molecule has 0 aliphatic rings. The SMILES string of the molecule is COc1ccc(C(=O)N(c2ccc3oc(=O)sc3c2)S(=O)(=O)c2ccc(OC)c(OC)c2)cc1. The van der Waals surface area contributed by atoms with E-state index in [0.29, 0.717) is 26.1 Å². The van der Waals surface area contributed by atoms with E-state index in [1.807, 2.05) is 0 Å². The Morgan fingerprint density at radius 3 is 2.24 bits per heavy atom. The number of carbonyl (C=O) groups excluding carboxylic acids is 1. The van der Waals surface area contributed by atoms with Gasteiger partial charge >= 0.3 is 4.94 Å². The predicted octanol–water partition coefficient (Wildman–Crippen LogP) is 3.92. The normalized spacial score (nSPS) is 11.3. The molecule has 0 aliphatic heterocycles. The quantitative estimate of drug-likeness (QED) is 0.375. The lowest BCUT2D eigenvalue weighted by Crippen LogP contribution is -2.37. The number of amides is 1. The van der Waals surface area contributed by atoms with Gasteiger partial charge in [0.15, 0.2) is 11.5 Å². The molecule has 0 fully saturated rings. The maximum Gasteiger partial charge on any atom is 0.396 e. The van der Waals surface area contributed by atoms with Gasteiger partial charge in [-0.3, -0.25) is 4.79 Å². The molecule has 0 N–H and O–H groups in total. The zero-order valence-corrected chi connectivity index (χ0v) is 19.9. The van der Waals surface area contributed by atoms with Crippen LogP contribution in [-0.2, 0) is 10.0 Å². The molecule has 0 saturated carbocycles. The van der Waals surface area contributed by atoms with Crippen LogP contribution < -0.4 is 23.5 Å². The molecule has 3 aromatic carbocycles. The molecule has 0 spiro atoms. The number of ether oxygens (including phenoxy) is 3. The van der Waals surface area contributed by atoms with Crippen molar-refractivity contribution in [3.05, 3.63) is 76.0 Å². The first kappa shape index (κ1) is 23.3. The van der Waals surface area contributed by atoms with E-state index in [4.69, 9.17) is 18.6 Å². The van der Waals surface area contributed by atoms with Gasteiger partial charge < -0.3 is 18.6 Å². The average molecular weight is 502 g/mol. The number of sulfonamides is 1. The third-order valence-corrected chi connectivity index (χ3v) is 7.46. The standard InChI is InChI=1S/C23H19NO8S2/c1-29-16-7-4-14(5-8-16)22(25)24(15-6-10-19-21(12-15)33-23(26)32-19)34(27,28)17-9-11-18(30-2)20(13-17)31-3/h4-13H,1-3H3. The van der Waals surface area contributed by atoms with E-state index in [2.05, 4.69) is 0 Å². The second kappa shape index (κ2) is 9.20. The Kier molecular flexibility index (Phi) is 6.31. The van der Waals surface area contributed by atoms with Crippen LogP contribution in [0.5, 0.6) is 17.2 Å². The lowest BCUT2D eigenvalue weighted by atomic mass is 10.2. The van der Waals surface area contributed by atoms with Crippen LogP contribution in [0.1, 0.15) is 10.4 Å². The number of nitrogens with zero attached hydrogens (tertiary/aromatic N) is 1. The minimum absolute atomic E-state index is 0.0418. The van der Waals surface area contributed by atoms with Crippen LogP contribution in [0.15, 0.2) is 74.8 Å². The predicted molar refractivity (Wildman–Crippen MR) is 127 cm³/mol. The minimum Gasteiger partial charge on any atom is -0.497 e. The van der Waals surface area contributed by atoms with Crippen LogP contribution in [0.3, 0.4) is 0 Å². The van der Waals surface area contributed by atoms with Crippen LogP contribution >= 0.6 is 11.3 Å². The summed E-state index contributed by atoms with van der Waals surface area (Å²) in [6.45, 7) is 0. The summed E-state index contributed by atoms with van der Waals surface area (Å²) < 4.78 is 49.3. The summed E-state index contributed by atoms with van der Waals surface area (Å²) >= 11 is 0.806. The maximum atomic E-state index is 13.8. The van der Waals surface area contributed by atoms with Gasteiger partial charge in [0.05, 0.1) is 36.6 Å². The monoisotopic (exact) mass is 501 g/mol. The van der Waals surface area contributed by atoms with E-state index in [1.165, 1.54) is 69.9 Å². The van der Waals surface area contributed by atoms with Crippen molar-refractivity contribution >= 4 is 43.2 Å². The highest BCUT2D eigenvalue weighted by molar-refractivity contribution is 7.93. The summed E-state index contributed by atoms with van der Waals surface area (Å²) in [5.41, 5.74) is 0.449. The maximum absolute atomic E-state index is 13.8. The Hall–Kier alpha value is -3.83. The number of benzene rings is 3. The van der Waals surface area contributed by atoms with Gasteiger partial charge in [-0.2, -0.15) is 4.31 Å². The zero-order chi connectivity index (χ0) is 24.5. The minimum atomic E-state index is -4.42. The van der Waals surface area contributed by atoms with Gasteiger partial charge in [0.25, 0.3) is 15.9 Å². The molecule has 0 bridgehead atoms. The molecule has 11 heteroatoms. The highest BCUT2D eigenvalue weighted by Gasteiger charge is 2.33. The molecule has 0 saturated heterocycles. The summed E-state index contributed by atoms with van der Waals surface area (Å²) in [6, 6.07) is 14.3. The average Bonchev–Trinajstić information content (AvgIpc) is 3.22. The summed E-state index contributed by atoms with van der Waals surface area (Å²) in [7, 11) is -0.135. The number of fused-ring (bicyclic) bond motifs is 1. The van der Waals surface area contributed by atoms with E-state index in [0.717, 1.165) is 11.3 Å². The summed E-state index contributed by atoms with van der Waals surface area (Å²) in [5, 5.41) is 0. The number of methoxy groups -OCH3 is 3. The van der Waals surface area contributed by atoms with Gasteiger partial charge in [0.2, 0.25) is 0 Å². The van der Waals surface area contributed by atoms with Gasteiger partial charge in [-0.25, -0.2) is 13.2 Å². The largest absolute Gasteiger partial charge is 0.497 e. The molecule has 0 radical (unpaired) electrons. The van der Waals surface area contributed by atoms with Crippen molar-refractivity contribution in [3.8, 4) is 17.2 Å². The first-order chi connectivity index (χ1) is 16.3. The van der Waals surface area contributed by atoms with Gasteiger partial charge in [-0.15, -0.1) is 0 Å². The molecule has 1 aromatic heterocycles. The fourth-order valence-electron chi connectivity index (χ4n) is 3.29. The Morgan fingerprint density at radius 2 is 1.59 bits per heavy atom. The molecular formula is C23H19NO8S2. The van der Waals surface area contributed by atoms with Crippen LogP contribution in [0.4, 0.5) is 5.69 Å². The number of hydrogen-bond donors (Lipinski definition) is 0. The van der Waals surface area contributed by atoms with Crippen LogP contribution in [0.2, 0.25) is 0 Å². The molecule has 9 nitrogen and oxygen atoms in total. The molecule has 0 unspecified atom stereocenters. The Morgan fingerprint density at radius 1 is 0.882 bits per heavy atom. The highest BCUT2D eigenvalue weighted by Crippen LogP contribution is 2.34. The van der Waals surface area contributed by atoms with Gasteiger partial charge in [-0.1, -0.05) is 11.3 Å². The van der Waals surface area contributed by atoms with Crippen LogP contribution in [0, 0.1) is 0 Å². The first-order valence-corrected chi connectivity index (χ1v) is 12.0. The number of anilines is 1. The summed E-state index contributed by atoms with van der Waals surface area (Å²) in [4.78, 5) is 24.5. The van der Waals surface area contributed by atoms with Crippen molar-refractivity contribution in [2.24, 2.45) is 0 Å². The molecule has 0 atom stereocenters. The fraction of sp³-hybridized carbons (Fsp3) is 0.130. The van der Waals surface area contributed by atoms with Crippen LogP contribution in [0.25, 0.3) is 10.3 Å². The first-order valence-electron chi connectivity index (χ1n) is 9.78. The Bertz CT molecular complexity index is 1520. The smallest absolute Gasteiger partial charge is 0.396 e. The van der Waals surface area contributed by atoms with E-state index >= 15 is 0 Å². The third kappa shape index (κ3) is 4.22. The van der Waals surface area contributed by atoms with Gasteiger partial charge in [-0.05, 0) is 54.6 Å². The molecule has 0 aliphatic carbocycles. The van der Waals surface area contributed by atoms with Crippen molar-refractivity contribution in [2.75, 3.05) is 25.6 Å². The van der Waals surface area contributed by atoms with Crippen molar-refractivity contribution in [1.29, 1.82) is 0 Å². The van der Waals surface area contributed by atoms with Crippen molar-refractivity contribution < 1.29 is 31.8 Å². The van der Waals surface area contributed by atoms with Crippen molar-refractivity contribution in [1.82, 2.24) is 0 Å². The summed E-state index contributed by atoms with van der Waals surface area (Å²) in [5.74, 6) is 0.228. The van der Waals surface area contributed by atoms with Gasteiger partial charge in [0.1, 0.15) is 11.3 Å². The Labute approximate surface area is 198 Å². The molecule has 4 aromatic rings. The topological polar surface area (TPSA) is 112 Å². The highest BCUT2D eigenvalue weighted by atomic mass is 32.2. The lowest BCUT2D eigenvalue weighted by Gasteiger charge is -2.23. The van der Waals surface area contributed by atoms with E-state index in [1.54, 1.807) is 12.1 Å². The molecular weight excluding hydrogens is 482 g/mol. The van der Waals surface area contributed by atoms with E-state index in [9.17, 15) is 18.0 Å². The number of hydrogen-bond acceptors (Lipinski definition) is 9. The molecule has 1 heterocycles. The van der Waals surface area contributed by atoms with Gasteiger partial charge in [0, 0.05) is 11.6 Å². The van der Waals surface area contributed by atoms with Crippen molar-refractivity contribution in [2.45, 2.75) is 4.90 Å². The fourth-order valence-corrected chi connectivity index (χ4v) is 5.41. The molecule has 34 heavy (non-hydrogen) atoms.